The van der Waals surface area contributed by atoms with Crippen LogP contribution < -0.4 is 10.6 Å². The summed E-state index contributed by atoms with van der Waals surface area (Å²) in [4.78, 5) is 17.3. The van der Waals surface area contributed by atoms with E-state index in [2.05, 4.69) is 34.0 Å². The zero-order valence-corrected chi connectivity index (χ0v) is 12.5. The molecule has 0 aliphatic heterocycles. The van der Waals surface area contributed by atoms with Crippen molar-refractivity contribution in [2.24, 2.45) is 0 Å². The molecule has 5 heteroatoms. The molecule has 0 aromatic carbocycles. The lowest BCUT2D eigenvalue weighted by Gasteiger charge is -2.11. The molecule has 2 aromatic heterocycles. The van der Waals surface area contributed by atoms with Gasteiger partial charge in [-0.25, -0.2) is 4.98 Å². The highest BCUT2D eigenvalue weighted by Gasteiger charge is 2.07. The average molecular weight is 289 g/mol. The second-order valence-corrected chi connectivity index (χ2v) is 5.63. The summed E-state index contributed by atoms with van der Waals surface area (Å²) in [6.45, 7) is 4.66. The minimum absolute atomic E-state index is 0.0195. The molecule has 20 heavy (non-hydrogen) atoms. The molecule has 1 amide bonds. The number of carbonyl (C=O) groups is 1. The molecule has 2 aromatic rings. The number of pyridine rings is 1. The molecule has 2 heterocycles. The van der Waals surface area contributed by atoms with E-state index in [1.54, 1.807) is 17.4 Å². The second kappa shape index (κ2) is 7.17. The summed E-state index contributed by atoms with van der Waals surface area (Å²) in [6.07, 6.45) is 0.436. The van der Waals surface area contributed by atoms with Gasteiger partial charge in [0, 0.05) is 29.6 Å². The van der Waals surface area contributed by atoms with E-state index in [1.807, 2.05) is 25.1 Å². The quantitative estimate of drug-likeness (QED) is 0.859. The van der Waals surface area contributed by atoms with Crippen LogP contribution >= 0.6 is 11.3 Å². The van der Waals surface area contributed by atoms with E-state index in [0.717, 1.165) is 5.69 Å². The molecule has 2 N–H and O–H groups in total. The predicted octanol–water partition coefficient (Wildman–Crippen LogP) is 3.13. The van der Waals surface area contributed by atoms with Crippen molar-refractivity contribution in [1.82, 2.24) is 10.3 Å². The predicted molar refractivity (Wildman–Crippen MR) is 83.0 cm³/mol. The number of hydrogen-bond acceptors (Lipinski definition) is 4. The highest BCUT2D eigenvalue weighted by atomic mass is 32.1. The van der Waals surface area contributed by atoms with Gasteiger partial charge in [0.25, 0.3) is 0 Å². The normalized spacial score (nSPS) is 12.1. The number of anilines is 1. The van der Waals surface area contributed by atoms with Crippen molar-refractivity contribution in [1.29, 1.82) is 0 Å². The van der Waals surface area contributed by atoms with Crippen LogP contribution in [0.1, 0.15) is 30.0 Å². The van der Waals surface area contributed by atoms with Crippen LogP contribution in [0.15, 0.2) is 35.7 Å². The van der Waals surface area contributed by atoms with Crippen molar-refractivity contribution in [2.45, 2.75) is 26.3 Å². The molecule has 0 bridgehead atoms. The SMILES string of the molecule is Cc1cccc(NC(=O)CCN[C@H](C)c2cccs2)n1. The summed E-state index contributed by atoms with van der Waals surface area (Å²) in [5, 5.41) is 8.21. The van der Waals surface area contributed by atoms with E-state index in [9.17, 15) is 4.79 Å². The first kappa shape index (κ1) is 14.7. The molecule has 0 aliphatic rings. The third-order valence-corrected chi connectivity index (χ3v) is 3.98. The molecule has 106 valence electrons. The molecule has 2 rings (SSSR count). The van der Waals surface area contributed by atoms with Gasteiger partial charge in [0.05, 0.1) is 0 Å². The molecule has 0 saturated heterocycles. The smallest absolute Gasteiger partial charge is 0.226 e. The fraction of sp³-hybridized carbons (Fsp3) is 0.333. The van der Waals surface area contributed by atoms with Gasteiger partial charge in [-0.3, -0.25) is 4.79 Å². The van der Waals surface area contributed by atoms with Gasteiger partial charge in [-0.15, -0.1) is 11.3 Å². The maximum absolute atomic E-state index is 11.8. The number of amides is 1. The molecule has 0 radical (unpaired) electrons. The van der Waals surface area contributed by atoms with Gasteiger partial charge in [-0.1, -0.05) is 12.1 Å². The molecule has 1 atom stereocenters. The number of aryl methyl sites for hydroxylation is 1. The highest BCUT2D eigenvalue weighted by molar-refractivity contribution is 7.10. The molecule has 0 spiro atoms. The number of rotatable bonds is 6. The molecule has 0 aliphatic carbocycles. The van der Waals surface area contributed by atoms with Gasteiger partial charge >= 0.3 is 0 Å². The summed E-state index contributed by atoms with van der Waals surface area (Å²) in [5.41, 5.74) is 0.896. The van der Waals surface area contributed by atoms with Crippen molar-refractivity contribution in [2.75, 3.05) is 11.9 Å². The number of thiophene rings is 1. The Labute approximate surface area is 123 Å². The van der Waals surface area contributed by atoms with Gasteiger partial charge in [-0.2, -0.15) is 0 Å². The van der Waals surface area contributed by atoms with Crippen molar-refractivity contribution in [3.05, 3.63) is 46.3 Å². The van der Waals surface area contributed by atoms with Crippen LogP contribution in [0.2, 0.25) is 0 Å². The first-order valence-electron chi connectivity index (χ1n) is 6.65. The van der Waals surface area contributed by atoms with Crippen LogP contribution in [-0.2, 0) is 4.79 Å². The number of nitrogens with one attached hydrogen (secondary N) is 2. The van der Waals surface area contributed by atoms with Crippen LogP contribution in [0.25, 0.3) is 0 Å². The minimum atomic E-state index is -0.0195. The number of carbonyl (C=O) groups excluding carboxylic acids is 1. The zero-order valence-electron chi connectivity index (χ0n) is 11.7. The van der Waals surface area contributed by atoms with Crippen LogP contribution in [0.3, 0.4) is 0 Å². The maximum atomic E-state index is 11.8. The molecular formula is C15H19N3OS. The van der Waals surface area contributed by atoms with E-state index in [0.29, 0.717) is 18.8 Å². The van der Waals surface area contributed by atoms with E-state index in [-0.39, 0.29) is 11.9 Å². The molecule has 0 fully saturated rings. The Hall–Kier alpha value is -1.72. The number of hydrogen-bond donors (Lipinski definition) is 2. The Kier molecular flexibility index (Phi) is 5.26. The largest absolute Gasteiger partial charge is 0.311 e. The molecule has 4 nitrogen and oxygen atoms in total. The lowest BCUT2D eigenvalue weighted by Crippen LogP contribution is -2.24. The molecule has 0 saturated carbocycles. The Morgan fingerprint density at radius 3 is 2.90 bits per heavy atom. The summed E-state index contributed by atoms with van der Waals surface area (Å²) in [7, 11) is 0. The van der Waals surface area contributed by atoms with Crippen LogP contribution in [-0.4, -0.2) is 17.4 Å². The third kappa shape index (κ3) is 4.43. The van der Waals surface area contributed by atoms with Crippen molar-refractivity contribution < 1.29 is 4.79 Å². The van der Waals surface area contributed by atoms with E-state index >= 15 is 0 Å². The van der Waals surface area contributed by atoms with Crippen molar-refractivity contribution in [3.63, 3.8) is 0 Å². The van der Waals surface area contributed by atoms with Gasteiger partial charge in [0.15, 0.2) is 0 Å². The summed E-state index contributed by atoms with van der Waals surface area (Å²) in [5.74, 6) is 0.593. The first-order chi connectivity index (χ1) is 9.65. The summed E-state index contributed by atoms with van der Waals surface area (Å²) in [6, 6.07) is 9.99. The van der Waals surface area contributed by atoms with E-state index < -0.39 is 0 Å². The molecular weight excluding hydrogens is 270 g/mol. The van der Waals surface area contributed by atoms with Crippen molar-refractivity contribution in [3.8, 4) is 0 Å². The van der Waals surface area contributed by atoms with Gasteiger partial charge in [-0.05, 0) is 37.4 Å². The van der Waals surface area contributed by atoms with Crippen LogP contribution in [0.5, 0.6) is 0 Å². The van der Waals surface area contributed by atoms with Gasteiger partial charge in [0.2, 0.25) is 5.91 Å². The number of aromatic nitrogens is 1. The van der Waals surface area contributed by atoms with Crippen LogP contribution in [0.4, 0.5) is 5.82 Å². The fourth-order valence-corrected chi connectivity index (χ4v) is 2.62. The zero-order chi connectivity index (χ0) is 14.4. The Balaban J connectivity index is 1.73. The molecule has 0 unspecified atom stereocenters. The Morgan fingerprint density at radius 2 is 2.20 bits per heavy atom. The third-order valence-electron chi connectivity index (χ3n) is 2.93. The summed E-state index contributed by atoms with van der Waals surface area (Å²) >= 11 is 1.72. The Morgan fingerprint density at radius 1 is 1.35 bits per heavy atom. The maximum Gasteiger partial charge on any atom is 0.226 e. The second-order valence-electron chi connectivity index (χ2n) is 4.65. The van der Waals surface area contributed by atoms with E-state index in [1.165, 1.54) is 4.88 Å². The van der Waals surface area contributed by atoms with Gasteiger partial charge in [0.1, 0.15) is 5.82 Å². The standard InChI is InChI=1S/C15H19N3OS/c1-11-5-3-7-14(17-11)18-15(19)8-9-16-12(2)13-6-4-10-20-13/h3-7,10,12,16H,8-9H2,1-2H3,(H,17,18,19)/t12-/m1/s1. The first-order valence-corrected chi connectivity index (χ1v) is 7.53. The highest BCUT2D eigenvalue weighted by Crippen LogP contribution is 2.17. The lowest BCUT2D eigenvalue weighted by atomic mass is 10.2. The minimum Gasteiger partial charge on any atom is -0.311 e. The van der Waals surface area contributed by atoms with Crippen molar-refractivity contribution >= 4 is 23.1 Å². The lowest BCUT2D eigenvalue weighted by molar-refractivity contribution is -0.116. The summed E-state index contributed by atoms with van der Waals surface area (Å²) < 4.78 is 0. The Bertz CT molecular complexity index is 554. The van der Waals surface area contributed by atoms with E-state index in [4.69, 9.17) is 0 Å². The fourth-order valence-electron chi connectivity index (χ4n) is 1.86. The topological polar surface area (TPSA) is 54.0 Å². The van der Waals surface area contributed by atoms with Gasteiger partial charge < -0.3 is 10.6 Å². The average Bonchev–Trinajstić information content (AvgIpc) is 2.92. The monoisotopic (exact) mass is 289 g/mol. The van der Waals surface area contributed by atoms with Crippen LogP contribution in [0, 0.1) is 6.92 Å². The number of nitrogens with zero attached hydrogens (tertiary/aromatic N) is 1.